The van der Waals surface area contributed by atoms with Crippen LogP contribution < -0.4 is 5.32 Å². The molecule has 0 aliphatic rings. The molecule has 0 radical (unpaired) electrons. The summed E-state index contributed by atoms with van der Waals surface area (Å²) >= 11 is 2.96. The summed E-state index contributed by atoms with van der Waals surface area (Å²) in [5.41, 5.74) is 0.437. The van der Waals surface area contributed by atoms with E-state index >= 15 is 0 Å². The van der Waals surface area contributed by atoms with Gasteiger partial charge in [-0.25, -0.2) is 4.79 Å². The molecule has 1 heterocycles. The van der Waals surface area contributed by atoms with Crippen LogP contribution >= 0.6 is 23.1 Å². The SMILES string of the molecule is CCOC(=O)c1cc(C)sc1NC(=O)CSC(C)C. The highest BCUT2D eigenvalue weighted by atomic mass is 32.2. The van der Waals surface area contributed by atoms with E-state index in [1.807, 2.05) is 20.8 Å². The molecular formula is C13H19NO3S2. The number of esters is 1. The minimum absolute atomic E-state index is 0.0916. The Morgan fingerprint density at radius 1 is 1.47 bits per heavy atom. The van der Waals surface area contributed by atoms with Gasteiger partial charge in [0.25, 0.3) is 0 Å². The van der Waals surface area contributed by atoms with Gasteiger partial charge in [0.2, 0.25) is 5.91 Å². The Morgan fingerprint density at radius 3 is 2.74 bits per heavy atom. The third-order valence-corrected chi connectivity index (χ3v) is 4.21. The first-order valence-electron chi connectivity index (χ1n) is 6.13. The van der Waals surface area contributed by atoms with Crippen LogP contribution in [0.3, 0.4) is 0 Å². The summed E-state index contributed by atoms with van der Waals surface area (Å²) < 4.78 is 4.97. The second-order valence-corrected chi connectivity index (χ2v) is 7.05. The fourth-order valence-corrected chi connectivity index (χ4v) is 2.85. The van der Waals surface area contributed by atoms with Gasteiger partial charge < -0.3 is 10.1 Å². The fraction of sp³-hybridized carbons (Fsp3) is 0.538. The summed E-state index contributed by atoms with van der Waals surface area (Å²) in [5.74, 6) is -0.0959. The highest BCUT2D eigenvalue weighted by Crippen LogP contribution is 2.28. The highest BCUT2D eigenvalue weighted by Gasteiger charge is 2.17. The minimum Gasteiger partial charge on any atom is -0.462 e. The van der Waals surface area contributed by atoms with Crippen molar-refractivity contribution in [2.45, 2.75) is 32.9 Å². The van der Waals surface area contributed by atoms with Gasteiger partial charge in [0.05, 0.1) is 17.9 Å². The molecule has 0 atom stereocenters. The largest absolute Gasteiger partial charge is 0.462 e. The number of rotatable bonds is 6. The molecule has 1 aromatic rings. The number of amides is 1. The van der Waals surface area contributed by atoms with Crippen molar-refractivity contribution >= 4 is 40.0 Å². The van der Waals surface area contributed by atoms with Crippen LogP contribution in [-0.2, 0) is 9.53 Å². The predicted octanol–water partition coefficient (Wildman–Crippen LogP) is 3.31. The van der Waals surface area contributed by atoms with Crippen LogP contribution in [0.1, 0.15) is 36.0 Å². The van der Waals surface area contributed by atoms with Gasteiger partial charge in [0.15, 0.2) is 0 Å². The molecule has 1 amide bonds. The van der Waals surface area contributed by atoms with E-state index in [2.05, 4.69) is 5.32 Å². The van der Waals surface area contributed by atoms with E-state index in [0.29, 0.717) is 28.2 Å². The van der Waals surface area contributed by atoms with Crippen molar-refractivity contribution < 1.29 is 14.3 Å². The van der Waals surface area contributed by atoms with Crippen LogP contribution in [0.25, 0.3) is 0 Å². The molecule has 1 rings (SSSR count). The Labute approximate surface area is 121 Å². The van der Waals surface area contributed by atoms with E-state index in [-0.39, 0.29) is 5.91 Å². The third kappa shape index (κ3) is 5.24. The third-order valence-electron chi connectivity index (χ3n) is 2.15. The van der Waals surface area contributed by atoms with Crippen molar-refractivity contribution in [1.82, 2.24) is 0 Å². The lowest BCUT2D eigenvalue weighted by Crippen LogP contribution is -2.16. The summed E-state index contributed by atoms with van der Waals surface area (Å²) in [6.45, 7) is 8.06. The zero-order valence-electron chi connectivity index (χ0n) is 11.6. The van der Waals surface area contributed by atoms with Gasteiger partial charge in [0.1, 0.15) is 5.00 Å². The Balaban J connectivity index is 2.72. The van der Waals surface area contributed by atoms with Crippen LogP contribution in [0.5, 0.6) is 0 Å². The van der Waals surface area contributed by atoms with Crippen molar-refractivity contribution in [3.63, 3.8) is 0 Å². The van der Waals surface area contributed by atoms with E-state index in [9.17, 15) is 9.59 Å². The molecule has 1 aromatic heterocycles. The van der Waals surface area contributed by atoms with Crippen molar-refractivity contribution in [1.29, 1.82) is 0 Å². The Kier molecular flexibility index (Phi) is 6.37. The smallest absolute Gasteiger partial charge is 0.341 e. The summed E-state index contributed by atoms with van der Waals surface area (Å²) in [6, 6.07) is 1.74. The maximum absolute atomic E-state index is 11.8. The molecule has 0 aliphatic carbocycles. The number of hydrogen-bond acceptors (Lipinski definition) is 5. The van der Waals surface area contributed by atoms with Crippen molar-refractivity contribution in [2.75, 3.05) is 17.7 Å². The average Bonchev–Trinajstić information content (AvgIpc) is 2.68. The van der Waals surface area contributed by atoms with Gasteiger partial charge >= 0.3 is 5.97 Å². The minimum atomic E-state index is -0.390. The van der Waals surface area contributed by atoms with E-state index < -0.39 is 5.97 Å². The van der Waals surface area contributed by atoms with E-state index in [1.54, 1.807) is 24.8 Å². The lowest BCUT2D eigenvalue weighted by molar-refractivity contribution is -0.113. The molecule has 0 spiro atoms. The summed E-state index contributed by atoms with van der Waals surface area (Å²) in [4.78, 5) is 24.5. The number of carbonyl (C=O) groups is 2. The van der Waals surface area contributed by atoms with Gasteiger partial charge in [-0.3, -0.25) is 4.79 Å². The molecule has 6 heteroatoms. The number of thiophene rings is 1. The molecule has 0 bridgehead atoms. The van der Waals surface area contributed by atoms with Crippen LogP contribution in [0.2, 0.25) is 0 Å². The summed E-state index contributed by atoms with van der Waals surface area (Å²) in [5, 5.41) is 3.76. The van der Waals surface area contributed by atoms with Gasteiger partial charge in [-0.2, -0.15) is 0 Å². The molecule has 0 saturated heterocycles. The standard InChI is InChI=1S/C13H19NO3S2/c1-5-17-13(16)10-6-9(4)19-12(10)14-11(15)7-18-8(2)3/h6,8H,5,7H2,1-4H3,(H,14,15). The van der Waals surface area contributed by atoms with Gasteiger partial charge in [-0.1, -0.05) is 13.8 Å². The quantitative estimate of drug-likeness (QED) is 0.819. The van der Waals surface area contributed by atoms with Crippen molar-refractivity contribution in [3.8, 4) is 0 Å². The maximum atomic E-state index is 11.8. The van der Waals surface area contributed by atoms with E-state index in [0.717, 1.165) is 4.88 Å². The summed E-state index contributed by atoms with van der Waals surface area (Å²) in [7, 11) is 0. The summed E-state index contributed by atoms with van der Waals surface area (Å²) in [6.07, 6.45) is 0. The molecule has 0 fully saturated rings. The Bertz CT molecular complexity index is 455. The normalized spacial score (nSPS) is 10.6. The first-order valence-corrected chi connectivity index (χ1v) is 7.99. The number of anilines is 1. The molecular weight excluding hydrogens is 282 g/mol. The second kappa shape index (κ2) is 7.55. The van der Waals surface area contributed by atoms with Crippen LogP contribution in [0.15, 0.2) is 6.07 Å². The van der Waals surface area contributed by atoms with Crippen LogP contribution in [0, 0.1) is 6.92 Å². The molecule has 1 N–H and O–H groups in total. The zero-order chi connectivity index (χ0) is 14.4. The molecule has 19 heavy (non-hydrogen) atoms. The topological polar surface area (TPSA) is 55.4 Å². The number of hydrogen-bond donors (Lipinski definition) is 1. The number of nitrogens with one attached hydrogen (secondary N) is 1. The maximum Gasteiger partial charge on any atom is 0.341 e. The molecule has 0 aliphatic heterocycles. The monoisotopic (exact) mass is 301 g/mol. The van der Waals surface area contributed by atoms with Gasteiger partial charge in [0, 0.05) is 4.88 Å². The second-order valence-electron chi connectivity index (χ2n) is 4.23. The zero-order valence-corrected chi connectivity index (χ0v) is 13.2. The van der Waals surface area contributed by atoms with Crippen molar-refractivity contribution in [2.24, 2.45) is 0 Å². The number of ether oxygens (including phenoxy) is 1. The van der Waals surface area contributed by atoms with Crippen LogP contribution in [0.4, 0.5) is 5.00 Å². The molecule has 0 saturated carbocycles. The Morgan fingerprint density at radius 2 is 2.16 bits per heavy atom. The number of carbonyl (C=O) groups excluding carboxylic acids is 2. The van der Waals surface area contributed by atoms with Crippen molar-refractivity contribution in [3.05, 3.63) is 16.5 Å². The first kappa shape index (κ1) is 16.0. The van der Waals surface area contributed by atoms with Gasteiger partial charge in [-0.05, 0) is 25.2 Å². The first-order chi connectivity index (χ1) is 8.93. The van der Waals surface area contributed by atoms with Crippen LogP contribution in [-0.4, -0.2) is 29.5 Å². The number of thioether (sulfide) groups is 1. The lowest BCUT2D eigenvalue weighted by Gasteiger charge is -2.07. The van der Waals surface area contributed by atoms with E-state index in [4.69, 9.17) is 4.74 Å². The number of aryl methyl sites for hydroxylation is 1. The lowest BCUT2D eigenvalue weighted by atomic mass is 10.3. The van der Waals surface area contributed by atoms with Gasteiger partial charge in [-0.15, -0.1) is 23.1 Å². The molecule has 0 aromatic carbocycles. The molecule has 0 unspecified atom stereocenters. The fourth-order valence-electron chi connectivity index (χ4n) is 1.37. The van der Waals surface area contributed by atoms with E-state index in [1.165, 1.54) is 11.3 Å². The highest BCUT2D eigenvalue weighted by molar-refractivity contribution is 8.00. The molecule has 106 valence electrons. The molecule has 4 nitrogen and oxygen atoms in total. The predicted molar refractivity (Wildman–Crippen MR) is 81.2 cm³/mol. The Hall–Kier alpha value is -1.01. The average molecular weight is 301 g/mol.